The molecule has 0 bridgehead atoms. The maximum Gasteiger partial charge on any atom is 0.133 e. The number of fused-ring (bicyclic) bond motifs is 5. The van der Waals surface area contributed by atoms with Crippen molar-refractivity contribution in [1.29, 1.82) is 0 Å². The van der Waals surface area contributed by atoms with Crippen molar-refractivity contribution in [1.82, 2.24) is 0 Å². The lowest BCUT2D eigenvalue weighted by atomic mass is 9.62. The van der Waals surface area contributed by atoms with E-state index in [-0.39, 0.29) is 11.3 Å². The third-order valence-electron chi connectivity index (χ3n) is 6.79. The van der Waals surface area contributed by atoms with E-state index >= 15 is 0 Å². The third-order valence-corrected chi connectivity index (χ3v) is 6.79. The number of hydrogen-bond acceptors (Lipinski definition) is 3. The smallest absolute Gasteiger partial charge is 0.133 e. The lowest BCUT2D eigenvalue weighted by Crippen LogP contribution is -2.35. The van der Waals surface area contributed by atoms with Crippen molar-refractivity contribution in [2.45, 2.75) is 45.4 Å². The molecule has 1 saturated carbocycles. The molecule has 4 rings (SSSR count). The summed E-state index contributed by atoms with van der Waals surface area (Å²) in [4.78, 5) is 12.2. The molecule has 3 atom stereocenters. The second kappa shape index (κ2) is 5.76. The molecule has 0 amide bonds. The number of carbonyl (C=O) groups excluding carboxylic acids is 1. The van der Waals surface area contributed by atoms with Gasteiger partial charge in [0.2, 0.25) is 0 Å². The highest BCUT2D eigenvalue weighted by atomic mass is 16.5. The van der Waals surface area contributed by atoms with Crippen LogP contribution in [0.15, 0.2) is 24.3 Å². The normalized spacial score (nSPS) is 27.7. The number of rotatable bonds is 3. The maximum absolute atomic E-state index is 12.2. The number of Topliss-reactive ketones (excluding diaryl/α,β-unsaturated/α-hetero) is 1. The molecule has 3 unspecified atom stereocenters. The van der Waals surface area contributed by atoms with Gasteiger partial charge in [-0.05, 0) is 78.7 Å². The summed E-state index contributed by atoms with van der Waals surface area (Å²) in [6, 6.07) is 8.48. The molecule has 25 heavy (non-hydrogen) atoms. The van der Waals surface area contributed by atoms with Crippen LogP contribution in [0.1, 0.15) is 50.2 Å². The molecule has 0 heterocycles. The summed E-state index contributed by atoms with van der Waals surface area (Å²) >= 11 is 0. The van der Waals surface area contributed by atoms with Gasteiger partial charge in [0.1, 0.15) is 17.3 Å². The van der Waals surface area contributed by atoms with Crippen molar-refractivity contribution in [2.75, 3.05) is 14.2 Å². The molecule has 0 radical (unpaired) electrons. The fourth-order valence-electron chi connectivity index (χ4n) is 5.49. The van der Waals surface area contributed by atoms with Crippen molar-refractivity contribution in [3.63, 3.8) is 0 Å². The highest BCUT2D eigenvalue weighted by Crippen LogP contribution is 2.60. The van der Waals surface area contributed by atoms with Gasteiger partial charge in [0.05, 0.1) is 14.2 Å². The van der Waals surface area contributed by atoms with Crippen molar-refractivity contribution in [2.24, 2.45) is 11.3 Å². The second-order valence-electron chi connectivity index (χ2n) is 7.86. The quantitative estimate of drug-likeness (QED) is 0.799. The van der Waals surface area contributed by atoms with Crippen LogP contribution < -0.4 is 9.47 Å². The molecule has 2 aromatic rings. The van der Waals surface area contributed by atoms with E-state index in [2.05, 4.69) is 25.1 Å². The number of aryl methyl sites for hydroxylation is 1. The van der Waals surface area contributed by atoms with Crippen LogP contribution in [0.2, 0.25) is 0 Å². The summed E-state index contributed by atoms with van der Waals surface area (Å²) in [5, 5.41) is 2.38. The van der Waals surface area contributed by atoms with Gasteiger partial charge in [0, 0.05) is 11.3 Å². The molecule has 0 aliphatic heterocycles. The first-order valence-corrected chi connectivity index (χ1v) is 9.17. The Kier molecular flexibility index (Phi) is 3.78. The number of methoxy groups -OCH3 is 2. The van der Waals surface area contributed by atoms with E-state index in [0.29, 0.717) is 11.7 Å². The van der Waals surface area contributed by atoms with E-state index < -0.39 is 0 Å². The lowest BCUT2D eigenvalue weighted by molar-refractivity contribution is -0.124. The molecule has 2 aromatic carbocycles. The molecule has 0 aromatic heterocycles. The van der Waals surface area contributed by atoms with Crippen molar-refractivity contribution < 1.29 is 14.3 Å². The highest BCUT2D eigenvalue weighted by molar-refractivity contribution is 5.94. The van der Waals surface area contributed by atoms with Gasteiger partial charge in [-0.3, -0.25) is 4.79 Å². The predicted octanol–water partition coefficient (Wildman–Crippen LogP) is 4.89. The highest BCUT2D eigenvalue weighted by Gasteiger charge is 2.51. The van der Waals surface area contributed by atoms with Crippen LogP contribution in [0, 0.1) is 11.3 Å². The van der Waals surface area contributed by atoms with Crippen LogP contribution in [-0.2, 0) is 11.2 Å². The molecular weight excluding hydrogens is 312 g/mol. The van der Waals surface area contributed by atoms with Crippen molar-refractivity contribution in [3.05, 3.63) is 35.4 Å². The third kappa shape index (κ3) is 2.28. The van der Waals surface area contributed by atoms with E-state index in [0.717, 1.165) is 42.6 Å². The predicted molar refractivity (Wildman–Crippen MR) is 99.6 cm³/mol. The minimum Gasteiger partial charge on any atom is -0.497 e. The summed E-state index contributed by atoms with van der Waals surface area (Å²) in [7, 11) is 3.42. The van der Waals surface area contributed by atoms with Gasteiger partial charge >= 0.3 is 0 Å². The molecule has 0 saturated heterocycles. The number of hydrogen-bond donors (Lipinski definition) is 0. The Morgan fingerprint density at radius 3 is 2.60 bits per heavy atom. The average molecular weight is 338 g/mol. The molecule has 2 aliphatic rings. The molecule has 0 spiro atoms. The number of ketones is 1. The van der Waals surface area contributed by atoms with Gasteiger partial charge in [-0.2, -0.15) is 0 Å². The minimum atomic E-state index is 0.0873. The Labute approximate surface area is 149 Å². The zero-order valence-electron chi connectivity index (χ0n) is 15.5. The van der Waals surface area contributed by atoms with E-state index in [1.165, 1.54) is 16.5 Å². The minimum absolute atomic E-state index is 0.0873. The number of benzene rings is 2. The van der Waals surface area contributed by atoms with Gasteiger partial charge in [0.15, 0.2) is 0 Å². The Bertz CT molecular complexity index is 854. The molecule has 1 fully saturated rings. The van der Waals surface area contributed by atoms with Gasteiger partial charge in [0.25, 0.3) is 0 Å². The standard InChI is InChI=1S/C22H26O3/c1-13(23)19-7-8-20-17-12-21(25-4)18-11-14(24-3)5-6-15(18)16(17)9-10-22(19,20)2/h5-6,11-12,19-20H,7-10H2,1-4H3. The second-order valence-corrected chi connectivity index (χ2v) is 7.86. The first kappa shape index (κ1) is 16.4. The van der Waals surface area contributed by atoms with Crippen LogP contribution in [0.4, 0.5) is 0 Å². The van der Waals surface area contributed by atoms with Crippen LogP contribution in [-0.4, -0.2) is 20.0 Å². The first-order valence-electron chi connectivity index (χ1n) is 9.17. The van der Waals surface area contributed by atoms with Gasteiger partial charge in [-0.25, -0.2) is 0 Å². The van der Waals surface area contributed by atoms with Gasteiger partial charge in [-0.1, -0.05) is 13.0 Å². The van der Waals surface area contributed by atoms with E-state index in [9.17, 15) is 4.79 Å². The summed E-state index contributed by atoms with van der Waals surface area (Å²) in [5.41, 5.74) is 2.92. The zero-order valence-corrected chi connectivity index (χ0v) is 15.5. The Morgan fingerprint density at radius 2 is 1.92 bits per heavy atom. The van der Waals surface area contributed by atoms with Crippen molar-refractivity contribution >= 4 is 16.6 Å². The maximum atomic E-state index is 12.2. The summed E-state index contributed by atoms with van der Waals surface area (Å²) in [5.74, 6) is 2.76. The lowest BCUT2D eigenvalue weighted by Gasteiger charge is -2.41. The van der Waals surface area contributed by atoms with E-state index in [1.54, 1.807) is 21.1 Å². The van der Waals surface area contributed by atoms with Gasteiger partial charge < -0.3 is 9.47 Å². The Morgan fingerprint density at radius 1 is 1.12 bits per heavy atom. The van der Waals surface area contributed by atoms with Crippen LogP contribution in [0.25, 0.3) is 10.8 Å². The number of carbonyl (C=O) groups is 1. The Balaban J connectivity index is 1.92. The Hall–Kier alpha value is -2.03. The van der Waals surface area contributed by atoms with Crippen molar-refractivity contribution in [3.8, 4) is 11.5 Å². The van der Waals surface area contributed by atoms with Crippen LogP contribution >= 0.6 is 0 Å². The molecule has 0 N–H and O–H groups in total. The SMILES string of the molecule is COc1ccc2c3c(cc(OC)c2c1)C1CCC(C(C)=O)C1(C)CC3. The average Bonchev–Trinajstić information content (AvgIpc) is 2.97. The summed E-state index contributed by atoms with van der Waals surface area (Å²) < 4.78 is 11.1. The zero-order chi connectivity index (χ0) is 17.8. The van der Waals surface area contributed by atoms with Crippen LogP contribution in [0.5, 0.6) is 11.5 Å². The largest absolute Gasteiger partial charge is 0.497 e. The van der Waals surface area contributed by atoms with E-state index in [4.69, 9.17) is 9.47 Å². The molecular formula is C22H26O3. The fourth-order valence-corrected chi connectivity index (χ4v) is 5.49. The fraction of sp³-hybridized carbons (Fsp3) is 0.500. The summed E-state index contributed by atoms with van der Waals surface area (Å²) in [6.45, 7) is 4.09. The first-order chi connectivity index (χ1) is 12.0. The number of ether oxygens (including phenoxy) is 2. The topological polar surface area (TPSA) is 35.5 Å². The molecule has 2 aliphatic carbocycles. The molecule has 3 heteroatoms. The van der Waals surface area contributed by atoms with Gasteiger partial charge in [-0.15, -0.1) is 0 Å². The van der Waals surface area contributed by atoms with E-state index in [1.807, 2.05) is 6.07 Å². The molecule has 132 valence electrons. The van der Waals surface area contributed by atoms with Crippen LogP contribution in [0.3, 0.4) is 0 Å². The molecule has 3 nitrogen and oxygen atoms in total. The summed E-state index contributed by atoms with van der Waals surface area (Å²) in [6.07, 6.45) is 4.22. The monoisotopic (exact) mass is 338 g/mol.